The number of nitrogen functional groups attached to an aromatic ring is 1. The van der Waals surface area contributed by atoms with E-state index in [1.54, 1.807) is 0 Å². The molecule has 12 heavy (non-hydrogen) atoms. The number of rotatable bonds is 2. The van der Waals surface area contributed by atoms with E-state index in [0.29, 0.717) is 11.1 Å². The molecule has 0 unspecified atom stereocenters. The largest absolute Gasteiger partial charge is 0.380 e. The minimum Gasteiger partial charge on any atom is -0.380 e. The summed E-state index contributed by atoms with van der Waals surface area (Å²) >= 11 is 0. The third kappa shape index (κ3) is 1.17. The van der Waals surface area contributed by atoms with Gasteiger partial charge in [0, 0.05) is 0 Å². The number of halogens is 1. The predicted octanol–water partition coefficient (Wildman–Crippen LogP) is 1.47. The first-order chi connectivity index (χ1) is 5.61. The molecule has 0 aromatic carbocycles. The molecule has 3 nitrogen and oxygen atoms in total. The van der Waals surface area contributed by atoms with Gasteiger partial charge in [-0.3, -0.25) is 5.10 Å². The number of H-pyrrole nitrogens is 1. The molecule has 3 N–H and O–H groups in total. The smallest absolute Gasteiger partial charge is 0.187 e. The van der Waals surface area contributed by atoms with Gasteiger partial charge in [-0.25, -0.2) is 4.39 Å². The van der Waals surface area contributed by atoms with Crippen LogP contribution in [-0.2, 0) is 6.42 Å². The first-order valence-electron chi connectivity index (χ1n) is 4.09. The van der Waals surface area contributed by atoms with Crippen LogP contribution in [0.15, 0.2) is 0 Å². The minimum absolute atomic E-state index is 0.0192. The average Bonchev–Trinajstić information content (AvgIpc) is 2.68. The topological polar surface area (TPSA) is 54.7 Å². The molecule has 2 rings (SSSR count). The zero-order valence-corrected chi connectivity index (χ0v) is 7.02. The molecule has 1 fully saturated rings. The predicted molar refractivity (Wildman–Crippen MR) is 44.0 cm³/mol. The lowest BCUT2D eigenvalue weighted by atomic mass is 10.0. The van der Waals surface area contributed by atoms with Crippen LogP contribution in [0.5, 0.6) is 0 Å². The Balaban J connectivity index is 2.17. The molecular formula is C8H12FN3. The van der Waals surface area contributed by atoms with Crippen LogP contribution >= 0.6 is 0 Å². The number of nitrogens with two attached hydrogens (primary N) is 1. The van der Waals surface area contributed by atoms with Gasteiger partial charge < -0.3 is 5.73 Å². The number of hydrogen-bond donors (Lipinski definition) is 2. The molecule has 0 atom stereocenters. The Morgan fingerprint density at radius 3 is 2.75 bits per heavy atom. The van der Waals surface area contributed by atoms with Crippen LogP contribution in [0.1, 0.15) is 25.5 Å². The summed E-state index contributed by atoms with van der Waals surface area (Å²) in [7, 11) is 0. The van der Waals surface area contributed by atoms with Crippen molar-refractivity contribution in [3.05, 3.63) is 11.5 Å². The van der Waals surface area contributed by atoms with Gasteiger partial charge in [0.05, 0.1) is 5.69 Å². The molecule has 4 heteroatoms. The lowest BCUT2D eigenvalue weighted by molar-refractivity contribution is 0.528. The van der Waals surface area contributed by atoms with Gasteiger partial charge in [-0.2, -0.15) is 5.10 Å². The monoisotopic (exact) mass is 169 g/mol. The second kappa shape index (κ2) is 2.21. The third-order valence-electron chi connectivity index (χ3n) is 2.51. The zero-order chi connectivity index (χ0) is 8.77. The summed E-state index contributed by atoms with van der Waals surface area (Å²) in [5.74, 6) is -0.391. The SMILES string of the molecule is CC1(Cc2[nH]nc(N)c2F)CC1. The van der Waals surface area contributed by atoms with E-state index in [0.717, 1.165) is 6.42 Å². The van der Waals surface area contributed by atoms with Crippen LogP contribution in [0, 0.1) is 11.2 Å². The molecule has 1 aromatic rings. The van der Waals surface area contributed by atoms with Crippen molar-refractivity contribution in [2.24, 2.45) is 5.41 Å². The van der Waals surface area contributed by atoms with Gasteiger partial charge in [-0.15, -0.1) is 0 Å². The maximum Gasteiger partial charge on any atom is 0.187 e. The first kappa shape index (κ1) is 7.58. The molecule has 66 valence electrons. The van der Waals surface area contributed by atoms with Gasteiger partial charge in [0.1, 0.15) is 0 Å². The van der Waals surface area contributed by atoms with Crippen molar-refractivity contribution in [3.63, 3.8) is 0 Å². The van der Waals surface area contributed by atoms with E-state index < -0.39 is 0 Å². The van der Waals surface area contributed by atoms with Crippen molar-refractivity contribution < 1.29 is 4.39 Å². The van der Waals surface area contributed by atoms with Crippen molar-refractivity contribution in [1.29, 1.82) is 0 Å². The van der Waals surface area contributed by atoms with Crippen LogP contribution in [0.2, 0.25) is 0 Å². The lowest BCUT2D eigenvalue weighted by Gasteiger charge is -2.04. The van der Waals surface area contributed by atoms with E-state index in [9.17, 15) is 4.39 Å². The van der Waals surface area contributed by atoms with Gasteiger partial charge in [0.25, 0.3) is 0 Å². The van der Waals surface area contributed by atoms with Crippen LogP contribution in [-0.4, -0.2) is 10.2 Å². The number of anilines is 1. The summed E-state index contributed by atoms with van der Waals surface area (Å²) in [5, 5.41) is 6.23. The number of aromatic nitrogens is 2. The molecule has 0 spiro atoms. The fourth-order valence-corrected chi connectivity index (χ4v) is 1.31. The van der Waals surface area contributed by atoms with Gasteiger partial charge >= 0.3 is 0 Å². The number of aromatic amines is 1. The van der Waals surface area contributed by atoms with E-state index in [-0.39, 0.29) is 11.6 Å². The highest BCUT2D eigenvalue weighted by atomic mass is 19.1. The summed E-state index contributed by atoms with van der Waals surface area (Å²) in [6, 6.07) is 0. The highest BCUT2D eigenvalue weighted by Gasteiger charge is 2.38. The summed E-state index contributed by atoms with van der Waals surface area (Å²) in [4.78, 5) is 0. The Morgan fingerprint density at radius 1 is 1.67 bits per heavy atom. The van der Waals surface area contributed by atoms with Gasteiger partial charge in [-0.05, 0) is 24.7 Å². The quantitative estimate of drug-likeness (QED) is 0.704. The molecule has 0 aliphatic heterocycles. The second-order valence-corrected chi connectivity index (χ2v) is 3.89. The highest BCUT2D eigenvalue weighted by Crippen LogP contribution is 2.47. The normalized spacial score (nSPS) is 19.5. The van der Waals surface area contributed by atoms with Gasteiger partial charge in [0.2, 0.25) is 0 Å². The van der Waals surface area contributed by atoms with E-state index >= 15 is 0 Å². The average molecular weight is 169 g/mol. The summed E-state index contributed by atoms with van der Waals surface area (Å²) in [5.41, 5.74) is 6.10. The number of nitrogens with one attached hydrogen (secondary N) is 1. The minimum atomic E-state index is -0.372. The molecule has 0 radical (unpaired) electrons. The van der Waals surface area contributed by atoms with Crippen molar-refractivity contribution in [2.45, 2.75) is 26.2 Å². The second-order valence-electron chi connectivity index (χ2n) is 3.89. The highest BCUT2D eigenvalue weighted by molar-refractivity contribution is 5.32. The molecule has 1 saturated carbocycles. The van der Waals surface area contributed by atoms with Gasteiger partial charge in [0.15, 0.2) is 11.6 Å². The Labute approximate surface area is 70.2 Å². The fraction of sp³-hybridized carbons (Fsp3) is 0.625. The molecule has 1 heterocycles. The zero-order valence-electron chi connectivity index (χ0n) is 7.02. The lowest BCUT2D eigenvalue weighted by Crippen LogP contribution is -2.01. The van der Waals surface area contributed by atoms with E-state index in [2.05, 4.69) is 17.1 Å². The first-order valence-corrected chi connectivity index (χ1v) is 4.09. The molecule has 0 saturated heterocycles. The number of hydrogen-bond acceptors (Lipinski definition) is 2. The van der Waals surface area contributed by atoms with Crippen molar-refractivity contribution >= 4 is 5.82 Å². The van der Waals surface area contributed by atoms with E-state index in [4.69, 9.17) is 5.73 Å². The standard InChI is InChI=1S/C8H12FN3/c1-8(2-3-8)4-5-6(9)7(10)12-11-5/h2-4H2,1H3,(H3,10,11,12). The van der Waals surface area contributed by atoms with Crippen LogP contribution in [0.4, 0.5) is 10.2 Å². The third-order valence-corrected chi connectivity index (χ3v) is 2.51. The van der Waals surface area contributed by atoms with Crippen molar-refractivity contribution in [1.82, 2.24) is 10.2 Å². The molecular weight excluding hydrogens is 157 g/mol. The molecule has 0 amide bonds. The summed E-state index contributed by atoms with van der Waals surface area (Å²) in [6.07, 6.45) is 3.07. The Bertz CT molecular complexity index is 301. The van der Waals surface area contributed by atoms with E-state index in [1.165, 1.54) is 12.8 Å². The molecule has 0 bridgehead atoms. The maximum atomic E-state index is 13.1. The van der Waals surface area contributed by atoms with Gasteiger partial charge in [-0.1, -0.05) is 6.92 Å². The molecule has 1 aromatic heterocycles. The Hall–Kier alpha value is -1.06. The van der Waals surface area contributed by atoms with Crippen LogP contribution in [0.3, 0.4) is 0 Å². The Morgan fingerprint density at radius 2 is 2.33 bits per heavy atom. The number of nitrogens with zero attached hydrogens (tertiary/aromatic N) is 1. The van der Waals surface area contributed by atoms with Crippen LogP contribution in [0.25, 0.3) is 0 Å². The van der Waals surface area contributed by atoms with Crippen molar-refractivity contribution in [2.75, 3.05) is 5.73 Å². The summed E-state index contributed by atoms with van der Waals surface area (Å²) in [6.45, 7) is 2.14. The Kier molecular flexibility index (Phi) is 1.40. The molecule has 1 aliphatic carbocycles. The maximum absolute atomic E-state index is 13.1. The van der Waals surface area contributed by atoms with Crippen LogP contribution < -0.4 is 5.73 Å². The fourth-order valence-electron chi connectivity index (χ4n) is 1.31. The summed E-state index contributed by atoms with van der Waals surface area (Å²) < 4.78 is 13.1. The van der Waals surface area contributed by atoms with Crippen molar-refractivity contribution in [3.8, 4) is 0 Å². The van der Waals surface area contributed by atoms with E-state index in [1.807, 2.05) is 0 Å². The molecule has 1 aliphatic rings.